The Hall–Kier alpha value is -2.82. The number of carbonyl (C=O) groups excluding carboxylic acids is 1. The molecule has 1 heterocycles. The molecule has 1 fully saturated rings. The first-order valence-corrected chi connectivity index (χ1v) is 8.00. The Kier molecular flexibility index (Phi) is 5.11. The van der Waals surface area contributed by atoms with Crippen LogP contribution in [0, 0.1) is 5.82 Å². The Balaban J connectivity index is 1.47. The van der Waals surface area contributed by atoms with Crippen molar-refractivity contribution in [3.63, 3.8) is 0 Å². The van der Waals surface area contributed by atoms with E-state index in [0.717, 1.165) is 18.7 Å². The molecule has 4 nitrogen and oxygen atoms in total. The minimum Gasteiger partial charge on any atom is -0.368 e. The summed E-state index contributed by atoms with van der Waals surface area (Å²) < 4.78 is 12.8. The fourth-order valence-corrected chi connectivity index (χ4v) is 2.68. The predicted molar refractivity (Wildman–Crippen MR) is 94.2 cm³/mol. The molecule has 3 rings (SSSR count). The standard InChI is InChI=1S/C19H20FN3O/c20-17-8-6-16(7-9-17)10-11-21-19(24)23-14-12-22(13-15-23)18-4-2-1-3-5-18/h1-11H,12-15H2,(H,21,24)/b11-10+. The monoisotopic (exact) mass is 325 g/mol. The van der Waals surface area contributed by atoms with Gasteiger partial charge in [-0.1, -0.05) is 30.3 Å². The number of benzene rings is 2. The second-order valence-electron chi connectivity index (χ2n) is 5.64. The number of hydrogen-bond acceptors (Lipinski definition) is 2. The fraction of sp³-hybridized carbons (Fsp3) is 0.211. The Bertz CT molecular complexity index is 692. The molecule has 0 radical (unpaired) electrons. The molecule has 1 saturated heterocycles. The lowest BCUT2D eigenvalue weighted by Crippen LogP contribution is -2.51. The van der Waals surface area contributed by atoms with Crippen LogP contribution in [-0.4, -0.2) is 37.1 Å². The van der Waals surface area contributed by atoms with Gasteiger partial charge in [-0.2, -0.15) is 0 Å². The van der Waals surface area contributed by atoms with Crippen molar-refractivity contribution in [3.8, 4) is 0 Å². The van der Waals surface area contributed by atoms with Gasteiger partial charge in [0.25, 0.3) is 0 Å². The zero-order valence-electron chi connectivity index (χ0n) is 13.4. The molecule has 2 amide bonds. The van der Waals surface area contributed by atoms with E-state index in [4.69, 9.17) is 0 Å². The number of nitrogens with zero attached hydrogens (tertiary/aromatic N) is 2. The van der Waals surface area contributed by atoms with Crippen molar-refractivity contribution in [2.75, 3.05) is 31.1 Å². The molecule has 1 aliphatic heterocycles. The third kappa shape index (κ3) is 4.13. The second kappa shape index (κ2) is 7.64. The predicted octanol–water partition coefficient (Wildman–Crippen LogP) is 3.33. The number of para-hydroxylation sites is 1. The zero-order valence-corrected chi connectivity index (χ0v) is 13.4. The van der Waals surface area contributed by atoms with Crippen molar-refractivity contribution in [3.05, 3.63) is 72.2 Å². The van der Waals surface area contributed by atoms with Gasteiger partial charge >= 0.3 is 6.03 Å². The van der Waals surface area contributed by atoms with Crippen molar-refractivity contribution < 1.29 is 9.18 Å². The third-order valence-electron chi connectivity index (χ3n) is 4.04. The maximum Gasteiger partial charge on any atom is 0.321 e. The van der Waals surface area contributed by atoms with Gasteiger partial charge in [-0.25, -0.2) is 9.18 Å². The molecule has 0 aromatic heterocycles. The van der Waals surface area contributed by atoms with Crippen LogP contribution in [-0.2, 0) is 0 Å². The highest BCUT2D eigenvalue weighted by atomic mass is 19.1. The Labute approximate surface area is 141 Å². The zero-order chi connectivity index (χ0) is 16.8. The smallest absolute Gasteiger partial charge is 0.321 e. The SMILES string of the molecule is O=C(N/C=C/c1ccc(F)cc1)N1CCN(c2ccccc2)CC1. The van der Waals surface area contributed by atoms with Crippen molar-refractivity contribution in [2.45, 2.75) is 0 Å². The quantitative estimate of drug-likeness (QED) is 0.939. The van der Waals surface area contributed by atoms with Gasteiger partial charge in [0.2, 0.25) is 0 Å². The molecule has 0 spiro atoms. The number of halogens is 1. The fourth-order valence-electron chi connectivity index (χ4n) is 2.68. The minimum absolute atomic E-state index is 0.110. The summed E-state index contributed by atoms with van der Waals surface area (Å²) in [6.07, 6.45) is 3.34. The van der Waals surface area contributed by atoms with Gasteiger partial charge in [0.15, 0.2) is 0 Å². The van der Waals surface area contributed by atoms with Crippen LogP contribution in [0.3, 0.4) is 0 Å². The molecule has 0 bridgehead atoms. The molecule has 2 aromatic rings. The average Bonchev–Trinajstić information content (AvgIpc) is 2.64. The molecule has 1 aliphatic rings. The van der Waals surface area contributed by atoms with Crippen LogP contribution in [0.1, 0.15) is 5.56 Å². The molecular weight excluding hydrogens is 305 g/mol. The van der Waals surface area contributed by atoms with E-state index >= 15 is 0 Å². The summed E-state index contributed by atoms with van der Waals surface area (Å²) in [6, 6.07) is 16.2. The van der Waals surface area contributed by atoms with E-state index < -0.39 is 0 Å². The van der Waals surface area contributed by atoms with E-state index in [1.807, 2.05) is 18.2 Å². The number of hydrogen-bond donors (Lipinski definition) is 1. The second-order valence-corrected chi connectivity index (χ2v) is 5.64. The summed E-state index contributed by atoms with van der Waals surface area (Å²) in [7, 11) is 0. The van der Waals surface area contributed by atoms with Gasteiger partial charge in [-0.15, -0.1) is 0 Å². The van der Waals surface area contributed by atoms with Crippen molar-refractivity contribution in [2.24, 2.45) is 0 Å². The molecule has 0 aliphatic carbocycles. The largest absolute Gasteiger partial charge is 0.368 e. The topological polar surface area (TPSA) is 35.6 Å². The Morgan fingerprint density at radius 3 is 2.29 bits per heavy atom. The van der Waals surface area contributed by atoms with E-state index in [1.165, 1.54) is 17.8 Å². The molecule has 2 aromatic carbocycles. The summed E-state index contributed by atoms with van der Waals surface area (Å²) in [5, 5.41) is 2.76. The van der Waals surface area contributed by atoms with Crippen molar-refractivity contribution >= 4 is 17.8 Å². The van der Waals surface area contributed by atoms with Gasteiger partial charge in [-0.05, 0) is 35.9 Å². The van der Waals surface area contributed by atoms with Crippen LogP contribution in [0.2, 0.25) is 0 Å². The third-order valence-corrected chi connectivity index (χ3v) is 4.04. The number of urea groups is 1. The molecule has 1 N–H and O–H groups in total. The molecule has 0 atom stereocenters. The first-order valence-electron chi connectivity index (χ1n) is 8.00. The number of nitrogens with one attached hydrogen (secondary N) is 1. The van der Waals surface area contributed by atoms with E-state index in [1.54, 1.807) is 29.3 Å². The number of amides is 2. The number of anilines is 1. The molecule has 0 saturated carbocycles. The van der Waals surface area contributed by atoms with Crippen LogP contribution < -0.4 is 10.2 Å². The van der Waals surface area contributed by atoms with Crippen molar-refractivity contribution in [1.29, 1.82) is 0 Å². The van der Waals surface area contributed by atoms with Crippen LogP contribution in [0.25, 0.3) is 6.08 Å². The maximum absolute atomic E-state index is 12.8. The van der Waals surface area contributed by atoms with Crippen LogP contribution in [0.15, 0.2) is 60.8 Å². The summed E-state index contributed by atoms with van der Waals surface area (Å²) in [5.41, 5.74) is 2.03. The van der Waals surface area contributed by atoms with Gasteiger partial charge in [-0.3, -0.25) is 0 Å². The summed E-state index contributed by atoms with van der Waals surface area (Å²) in [5.74, 6) is -0.271. The number of rotatable bonds is 3. The van der Waals surface area contributed by atoms with E-state index in [0.29, 0.717) is 13.1 Å². The highest BCUT2D eigenvalue weighted by Crippen LogP contribution is 2.15. The first-order chi connectivity index (χ1) is 11.7. The Morgan fingerprint density at radius 1 is 0.958 bits per heavy atom. The van der Waals surface area contributed by atoms with Gasteiger partial charge in [0.1, 0.15) is 5.82 Å². The highest BCUT2D eigenvalue weighted by Gasteiger charge is 2.20. The molecule has 0 unspecified atom stereocenters. The van der Waals surface area contributed by atoms with Gasteiger partial charge in [0, 0.05) is 38.1 Å². The molecule has 24 heavy (non-hydrogen) atoms. The summed E-state index contributed by atoms with van der Waals surface area (Å²) in [6.45, 7) is 3.01. The summed E-state index contributed by atoms with van der Waals surface area (Å²) >= 11 is 0. The van der Waals surface area contributed by atoms with Crippen LogP contribution in [0.5, 0.6) is 0 Å². The minimum atomic E-state index is -0.271. The maximum atomic E-state index is 12.8. The Morgan fingerprint density at radius 2 is 1.62 bits per heavy atom. The lowest BCUT2D eigenvalue weighted by atomic mass is 10.2. The van der Waals surface area contributed by atoms with Gasteiger partial charge in [0.05, 0.1) is 0 Å². The number of piperazine rings is 1. The number of carbonyl (C=O) groups is 1. The normalized spacial score (nSPS) is 14.9. The molecule has 124 valence electrons. The molecular formula is C19H20FN3O. The van der Waals surface area contributed by atoms with Gasteiger partial charge < -0.3 is 15.1 Å². The lowest BCUT2D eigenvalue weighted by Gasteiger charge is -2.35. The highest BCUT2D eigenvalue weighted by molar-refractivity contribution is 5.76. The molecule has 5 heteroatoms. The lowest BCUT2D eigenvalue weighted by molar-refractivity contribution is 0.198. The van der Waals surface area contributed by atoms with Crippen molar-refractivity contribution in [1.82, 2.24) is 10.2 Å². The first kappa shape index (κ1) is 16.1. The van der Waals surface area contributed by atoms with E-state index in [2.05, 4.69) is 22.3 Å². The van der Waals surface area contributed by atoms with Crippen LogP contribution >= 0.6 is 0 Å². The van der Waals surface area contributed by atoms with Crippen LogP contribution in [0.4, 0.5) is 14.9 Å². The summed E-state index contributed by atoms with van der Waals surface area (Å²) in [4.78, 5) is 16.2. The average molecular weight is 325 g/mol. The van der Waals surface area contributed by atoms with E-state index in [9.17, 15) is 9.18 Å². The van der Waals surface area contributed by atoms with E-state index in [-0.39, 0.29) is 11.8 Å².